The minimum atomic E-state index is -0.168. The average Bonchev–Trinajstić information content (AvgIpc) is 2.93. The van der Waals surface area contributed by atoms with Crippen LogP contribution in [0.25, 0.3) is 22.9 Å². The Morgan fingerprint density at radius 3 is 2.88 bits per heavy atom. The molecule has 80 valence electrons. The molecule has 0 N–H and O–H groups in total. The van der Waals surface area contributed by atoms with Crippen molar-refractivity contribution >= 4 is 11.6 Å². The van der Waals surface area contributed by atoms with Gasteiger partial charge in [0.25, 0.3) is 5.56 Å². The van der Waals surface area contributed by atoms with E-state index in [0.29, 0.717) is 5.52 Å². The van der Waals surface area contributed by atoms with Gasteiger partial charge in [-0.3, -0.25) is 4.79 Å². The van der Waals surface area contributed by atoms with E-state index >= 15 is 0 Å². The molecule has 0 spiro atoms. The Morgan fingerprint density at radius 1 is 1.06 bits per heavy atom. The van der Waals surface area contributed by atoms with Crippen LogP contribution in [0, 0.1) is 0 Å². The topological polar surface area (TPSA) is 34.4 Å². The van der Waals surface area contributed by atoms with Crippen molar-refractivity contribution in [3.05, 3.63) is 63.9 Å². The van der Waals surface area contributed by atoms with Gasteiger partial charge in [-0.15, -0.1) is 0 Å². The highest BCUT2D eigenvalue weighted by atomic mass is 16.1. The predicted molar refractivity (Wildman–Crippen MR) is 65.7 cm³/mol. The molecule has 0 fully saturated rings. The van der Waals surface area contributed by atoms with E-state index in [1.807, 2.05) is 40.9 Å². The zero-order valence-electron chi connectivity index (χ0n) is 8.92. The van der Waals surface area contributed by atoms with Gasteiger partial charge >= 0.3 is 0 Å². The van der Waals surface area contributed by atoms with Crippen LogP contribution < -0.4 is 10.9 Å². The summed E-state index contributed by atoms with van der Waals surface area (Å²) >= 11 is 0. The van der Waals surface area contributed by atoms with Gasteiger partial charge in [0.2, 0.25) is 0 Å². The Kier molecular flexibility index (Phi) is 1.45. The van der Waals surface area contributed by atoms with Crippen LogP contribution in [0.3, 0.4) is 0 Å². The molecule has 3 heteroatoms. The lowest BCUT2D eigenvalue weighted by Crippen LogP contribution is -2.22. The molecular formula is C14H8N2O. The van der Waals surface area contributed by atoms with Crippen molar-refractivity contribution in [3.63, 3.8) is 0 Å². The number of rotatable bonds is 0. The van der Waals surface area contributed by atoms with Crippen LogP contribution in [0.4, 0.5) is 0 Å². The summed E-state index contributed by atoms with van der Waals surface area (Å²) in [6.07, 6.45) is 3.98. The quantitative estimate of drug-likeness (QED) is 0.446. The molecule has 0 amide bonds. The maximum Gasteiger partial charge on any atom is 0.294 e. The smallest absolute Gasteiger partial charge is 0.294 e. The normalized spacial score (nSPS) is 12.2. The summed E-state index contributed by atoms with van der Waals surface area (Å²) in [5.74, 6) is 0. The van der Waals surface area contributed by atoms with E-state index in [2.05, 4.69) is 11.1 Å². The Hall–Kier alpha value is -2.42. The molecule has 3 aromatic rings. The Labute approximate surface area is 96.7 Å². The second-order valence-corrected chi connectivity index (χ2v) is 4.15. The molecule has 0 atom stereocenters. The summed E-state index contributed by atoms with van der Waals surface area (Å²) in [5.41, 5.74) is 3.41. The van der Waals surface area contributed by atoms with Gasteiger partial charge in [0, 0.05) is 11.8 Å². The van der Waals surface area contributed by atoms with Crippen LogP contribution in [0.15, 0.2) is 47.4 Å². The molecule has 1 aromatic carbocycles. The number of hydrogen-bond acceptors (Lipinski definition) is 2. The number of fused-ring (bicyclic) bond motifs is 5. The van der Waals surface area contributed by atoms with Crippen molar-refractivity contribution in [2.75, 3.05) is 0 Å². The standard InChI is InChI=1S/C14H8N2O/c17-14-11-6-3-7-16(11)12-8-9-4-1-2-5-10(9)13(12)15-14/h1-8H. The molecule has 0 radical (unpaired) electrons. The fourth-order valence-electron chi connectivity index (χ4n) is 2.42. The Balaban J connectivity index is 2.29. The number of nitrogens with zero attached hydrogens (tertiary/aromatic N) is 2. The van der Waals surface area contributed by atoms with E-state index in [1.165, 1.54) is 0 Å². The van der Waals surface area contributed by atoms with Gasteiger partial charge < -0.3 is 4.40 Å². The molecule has 0 saturated carbocycles. The van der Waals surface area contributed by atoms with Crippen LogP contribution in [0.1, 0.15) is 5.56 Å². The fourth-order valence-corrected chi connectivity index (χ4v) is 2.42. The maximum atomic E-state index is 11.9. The van der Waals surface area contributed by atoms with Crippen molar-refractivity contribution in [2.45, 2.75) is 0 Å². The summed E-state index contributed by atoms with van der Waals surface area (Å²) < 4.78 is 1.91. The van der Waals surface area contributed by atoms with Crippen molar-refractivity contribution < 1.29 is 0 Å². The molecular weight excluding hydrogens is 212 g/mol. The Bertz CT molecular complexity index is 862. The van der Waals surface area contributed by atoms with E-state index in [4.69, 9.17) is 0 Å². The van der Waals surface area contributed by atoms with Crippen LogP contribution >= 0.6 is 0 Å². The molecule has 2 aromatic heterocycles. The van der Waals surface area contributed by atoms with Gasteiger partial charge in [-0.25, -0.2) is 4.98 Å². The molecule has 4 rings (SSSR count). The van der Waals surface area contributed by atoms with Crippen LogP contribution in [0.5, 0.6) is 0 Å². The maximum absolute atomic E-state index is 11.9. The van der Waals surface area contributed by atoms with E-state index in [0.717, 1.165) is 22.2 Å². The second-order valence-electron chi connectivity index (χ2n) is 4.15. The third-order valence-corrected chi connectivity index (χ3v) is 3.19. The number of benzene rings is 1. The summed E-state index contributed by atoms with van der Waals surface area (Å²) in [6.45, 7) is 0. The van der Waals surface area contributed by atoms with Gasteiger partial charge in [0.05, 0.1) is 11.0 Å². The van der Waals surface area contributed by atoms with E-state index in [-0.39, 0.29) is 5.56 Å². The molecule has 0 aliphatic heterocycles. The van der Waals surface area contributed by atoms with Crippen molar-refractivity contribution in [1.29, 1.82) is 0 Å². The zero-order valence-corrected chi connectivity index (χ0v) is 8.92. The number of aromatic nitrogens is 2. The number of hydrogen-bond donors (Lipinski definition) is 0. The van der Waals surface area contributed by atoms with Gasteiger partial charge in [0.15, 0.2) is 0 Å². The third kappa shape index (κ3) is 1.00. The predicted octanol–water partition coefficient (Wildman–Crippen LogP) is 1.22. The summed E-state index contributed by atoms with van der Waals surface area (Å²) in [4.78, 5) is 16.1. The molecule has 17 heavy (non-hydrogen) atoms. The van der Waals surface area contributed by atoms with Gasteiger partial charge in [-0.2, -0.15) is 0 Å². The zero-order chi connectivity index (χ0) is 11.4. The van der Waals surface area contributed by atoms with Gasteiger partial charge in [0.1, 0.15) is 5.52 Å². The van der Waals surface area contributed by atoms with E-state index < -0.39 is 0 Å². The van der Waals surface area contributed by atoms with Crippen molar-refractivity contribution in [3.8, 4) is 11.3 Å². The highest BCUT2D eigenvalue weighted by Gasteiger charge is 2.16. The first-order valence-corrected chi connectivity index (χ1v) is 5.47. The van der Waals surface area contributed by atoms with Crippen molar-refractivity contribution in [2.24, 2.45) is 0 Å². The lowest BCUT2D eigenvalue weighted by molar-refractivity contribution is 1.07. The minimum absolute atomic E-state index is 0.168. The third-order valence-electron chi connectivity index (χ3n) is 3.19. The highest BCUT2D eigenvalue weighted by molar-refractivity contribution is 5.80. The van der Waals surface area contributed by atoms with Crippen molar-refractivity contribution in [1.82, 2.24) is 9.38 Å². The van der Waals surface area contributed by atoms with Crippen LogP contribution in [-0.2, 0) is 0 Å². The molecule has 0 saturated heterocycles. The fraction of sp³-hybridized carbons (Fsp3) is 0. The monoisotopic (exact) mass is 220 g/mol. The minimum Gasteiger partial charge on any atom is -0.310 e. The van der Waals surface area contributed by atoms with E-state index in [1.54, 1.807) is 6.07 Å². The first kappa shape index (κ1) is 8.70. The second kappa shape index (κ2) is 2.83. The van der Waals surface area contributed by atoms with E-state index in [9.17, 15) is 4.79 Å². The molecule has 2 heterocycles. The first-order chi connectivity index (χ1) is 8.34. The van der Waals surface area contributed by atoms with Crippen LogP contribution in [0.2, 0.25) is 0 Å². The molecule has 0 bridgehead atoms. The molecule has 1 aliphatic carbocycles. The summed E-state index contributed by atoms with van der Waals surface area (Å²) in [5, 5.41) is 0.991. The largest absolute Gasteiger partial charge is 0.310 e. The highest BCUT2D eigenvalue weighted by Crippen LogP contribution is 2.23. The van der Waals surface area contributed by atoms with Gasteiger partial charge in [-0.05, 0) is 23.8 Å². The SMILES string of the molecule is O=c1nc2c(n3cccc13)=Cc1ccccc1-2. The molecule has 3 nitrogen and oxygen atoms in total. The Morgan fingerprint density at radius 2 is 1.94 bits per heavy atom. The van der Waals surface area contributed by atoms with Crippen LogP contribution in [-0.4, -0.2) is 9.38 Å². The summed E-state index contributed by atoms with van der Waals surface area (Å²) in [6, 6.07) is 11.7. The van der Waals surface area contributed by atoms with Gasteiger partial charge in [-0.1, -0.05) is 24.3 Å². The average molecular weight is 220 g/mol. The summed E-state index contributed by atoms with van der Waals surface area (Å²) in [7, 11) is 0. The lowest BCUT2D eigenvalue weighted by Gasteiger charge is -1.99. The molecule has 0 unspecified atom stereocenters. The first-order valence-electron chi connectivity index (χ1n) is 5.47. The lowest BCUT2D eigenvalue weighted by atomic mass is 10.1. The molecule has 1 aliphatic rings.